The lowest BCUT2D eigenvalue weighted by molar-refractivity contribution is -0.124. The summed E-state index contributed by atoms with van der Waals surface area (Å²) in [4.78, 5) is 41.9. The minimum atomic E-state index is -0.485. The number of aromatic nitrogens is 2. The third kappa shape index (κ3) is 3.42. The topological polar surface area (TPSA) is 84.0 Å². The Hall–Kier alpha value is -3.67. The van der Waals surface area contributed by atoms with Crippen molar-refractivity contribution in [3.63, 3.8) is 0 Å². The molecule has 0 saturated carbocycles. The van der Waals surface area contributed by atoms with Crippen LogP contribution < -0.4 is 16.6 Å². The first-order chi connectivity index (χ1) is 15.3. The van der Waals surface area contributed by atoms with Crippen LogP contribution in [0.1, 0.15) is 42.9 Å². The Morgan fingerprint density at radius 3 is 2.28 bits per heavy atom. The number of fused-ring (bicyclic) bond motifs is 2. The molecule has 6 heteroatoms. The number of anilines is 1. The Bertz CT molecular complexity index is 1330. The van der Waals surface area contributed by atoms with Gasteiger partial charge in [0.2, 0.25) is 0 Å². The first-order valence-corrected chi connectivity index (χ1v) is 10.8. The summed E-state index contributed by atoms with van der Waals surface area (Å²) in [6.07, 6.45) is 2.49. The number of aromatic amines is 1. The van der Waals surface area contributed by atoms with E-state index in [1.165, 1.54) is 0 Å². The molecule has 3 aromatic rings. The summed E-state index contributed by atoms with van der Waals surface area (Å²) in [6, 6.07) is 19.2. The van der Waals surface area contributed by atoms with Crippen molar-refractivity contribution in [3.05, 3.63) is 110 Å². The predicted molar refractivity (Wildman–Crippen MR) is 124 cm³/mol. The average Bonchev–Trinajstić information content (AvgIpc) is 2.75. The zero-order chi connectivity index (χ0) is 22.5. The van der Waals surface area contributed by atoms with Crippen LogP contribution in [0, 0.1) is 11.3 Å². The van der Waals surface area contributed by atoms with Crippen molar-refractivity contribution in [2.24, 2.45) is 11.3 Å². The molecular weight excluding hydrogens is 402 g/mol. The van der Waals surface area contributed by atoms with E-state index >= 15 is 0 Å². The molecule has 0 radical (unpaired) electrons. The van der Waals surface area contributed by atoms with Crippen LogP contribution in [-0.2, 0) is 11.3 Å². The lowest BCUT2D eigenvalue weighted by Gasteiger charge is -2.41. The summed E-state index contributed by atoms with van der Waals surface area (Å²) in [5.41, 5.74) is 1.79. The Balaban J connectivity index is 1.78. The molecule has 32 heavy (non-hydrogen) atoms. The molecule has 2 atom stereocenters. The van der Waals surface area contributed by atoms with E-state index in [-0.39, 0.29) is 11.2 Å². The van der Waals surface area contributed by atoms with Crippen LogP contribution in [-0.4, -0.2) is 15.3 Å². The highest BCUT2D eigenvalue weighted by atomic mass is 16.2. The number of ketones is 1. The Morgan fingerprint density at radius 1 is 0.938 bits per heavy atom. The number of rotatable bonds is 3. The maximum Gasteiger partial charge on any atom is 0.330 e. The molecule has 0 spiro atoms. The summed E-state index contributed by atoms with van der Waals surface area (Å²) >= 11 is 0. The first kappa shape index (κ1) is 20.2. The van der Waals surface area contributed by atoms with Crippen molar-refractivity contribution >= 4 is 11.6 Å². The second-order valence-electron chi connectivity index (χ2n) is 9.32. The second-order valence-corrected chi connectivity index (χ2v) is 9.32. The third-order valence-electron chi connectivity index (χ3n) is 6.34. The summed E-state index contributed by atoms with van der Waals surface area (Å²) in [5.74, 6) is -0.389. The molecule has 0 fully saturated rings. The van der Waals surface area contributed by atoms with Gasteiger partial charge in [-0.1, -0.05) is 80.6 Å². The molecule has 2 aliphatic rings. The number of carbonyl (C=O) groups excluding carboxylic acids is 1. The predicted octanol–water partition coefficient (Wildman–Crippen LogP) is 3.64. The molecule has 5 rings (SSSR count). The maximum atomic E-state index is 13.3. The molecule has 1 aliphatic heterocycles. The molecule has 0 amide bonds. The van der Waals surface area contributed by atoms with Crippen molar-refractivity contribution in [1.82, 2.24) is 9.55 Å². The van der Waals surface area contributed by atoms with E-state index in [9.17, 15) is 14.4 Å². The molecule has 162 valence electrons. The second kappa shape index (κ2) is 7.48. The highest BCUT2D eigenvalue weighted by molar-refractivity contribution is 5.90. The highest BCUT2D eigenvalue weighted by Gasteiger charge is 2.45. The number of allylic oxidation sites excluding steroid dienone is 2. The number of hydrogen-bond donors (Lipinski definition) is 2. The molecule has 0 saturated heterocycles. The molecule has 2 heterocycles. The Kier molecular flexibility index (Phi) is 4.73. The van der Waals surface area contributed by atoms with Crippen molar-refractivity contribution in [2.75, 3.05) is 5.32 Å². The largest absolute Gasteiger partial charge is 0.344 e. The molecule has 0 bridgehead atoms. The fourth-order valence-electron chi connectivity index (χ4n) is 5.02. The zero-order valence-corrected chi connectivity index (χ0v) is 18.1. The van der Waals surface area contributed by atoms with Crippen LogP contribution in [0.4, 0.5) is 5.82 Å². The minimum absolute atomic E-state index is 0.0970. The van der Waals surface area contributed by atoms with E-state index in [1.54, 1.807) is 4.57 Å². The van der Waals surface area contributed by atoms with Crippen LogP contribution in [0.2, 0.25) is 0 Å². The van der Waals surface area contributed by atoms with E-state index < -0.39 is 23.1 Å². The molecule has 1 aromatic heterocycles. The van der Waals surface area contributed by atoms with E-state index in [2.05, 4.69) is 16.4 Å². The van der Waals surface area contributed by atoms with Gasteiger partial charge in [-0.3, -0.25) is 19.1 Å². The molecule has 1 aliphatic carbocycles. The number of Topliss-reactive ketones (excluding diaryl/α,β-unsaturated/α-hetero) is 1. The van der Waals surface area contributed by atoms with Crippen molar-refractivity contribution in [1.29, 1.82) is 0 Å². The third-order valence-corrected chi connectivity index (χ3v) is 6.34. The summed E-state index contributed by atoms with van der Waals surface area (Å²) < 4.78 is 1.56. The van der Waals surface area contributed by atoms with Gasteiger partial charge >= 0.3 is 5.69 Å². The highest BCUT2D eigenvalue weighted by Crippen LogP contribution is 2.47. The van der Waals surface area contributed by atoms with Gasteiger partial charge in [-0.05, 0) is 16.5 Å². The van der Waals surface area contributed by atoms with Gasteiger partial charge < -0.3 is 5.32 Å². The lowest BCUT2D eigenvalue weighted by Crippen LogP contribution is -2.45. The number of H-pyrrole nitrogens is 1. The van der Waals surface area contributed by atoms with E-state index in [0.29, 0.717) is 24.3 Å². The van der Waals surface area contributed by atoms with E-state index in [1.807, 2.05) is 74.5 Å². The van der Waals surface area contributed by atoms with Crippen molar-refractivity contribution < 1.29 is 4.79 Å². The number of hydrogen-bond acceptors (Lipinski definition) is 4. The first-order valence-electron chi connectivity index (χ1n) is 10.8. The number of benzene rings is 2. The minimum Gasteiger partial charge on any atom is -0.344 e. The molecule has 2 unspecified atom stereocenters. The quantitative estimate of drug-likeness (QED) is 0.668. The van der Waals surface area contributed by atoms with Gasteiger partial charge in [0.15, 0.2) is 0 Å². The van der Waals surface area contributed by atoms with Crippen molar-refractivity contribution in [3.8, 4) is 0 Å². The Labute approximate surface area is 185 Å². The fourth-order valence-corrected chi connectivity index (χ4v) is 5.02. The van der Waals surface area contributed by atoms with E-state index in [0.717, 1.165) is 16.8 Å². The summed E-state index contributed by atoms with van der Waals surface area (Å²) in [5, 5.41) is 3.34. The summed E-state index contributed by atoms with van der Waals surface area (Å²) in [7, 11) is 0. The van der Waals surface area contributed by atoms with Crippen molar-refractivity contribution in [2.45, 2.75) is 32.7 Å². The molecule has 2 N–H and O–H groups in total. The normalized spacial score (nSPS) is 21.2. The zero-order valence-electron chi connectivity index (χ0n) is 18.1. The van der Waals surface area contributed by atoms with Crippen LogP contribution >= 0.6 is 0 Å². The Morgan fingerprint density at radius 2 is 1.59 bits per heavy atom. The number of nitrogens with zero attached hydrogens (tertiary/aromatic N) is 1. The number of carbonyl (C=O) groups is 1. The molecule has 6 nitrogen and oxygen atoms in total. The van der Waals surface area contributed by atoms with Crippen LogP contribution in [0.25, 0.3) is 0 Å². The molecule has 2 aromatic carbocycles. The monoisotopic (exact) mass is 427 g/mol. The van der Waals surface area contributed by atoms with Gasteiger partial charge in [0.1, 0.15) is 11.6 Å². The molecular formula is C26H25N3O3. The fraction of sp³-hybridized carbons (Fsp3) is 0.269. The van der Waals surface area contributed by atoms with Crippen LogP contribution in [0.15, 0.2) is 82.0 Å². The van der Waals surface area contributed by atoms with Gasteiger partial charge in [-0.15, -0.1) is 0 Å². The number of nitrogens with one attached hydrogen (secondary N) is 2. The summed E-state index contributed by atoms with van der Waals surface area (Å²) in [6.45, 7) is 4.36. The van der Waals surface area contributed by atoms with Gasteiger partial charge in [0.25, 0.3) is 5.56 Å². The van der Waals surface area contributed by atoms with E-state index in [4.69, 9.17) is 0 Å². The smallest absolute Gasteiger partial charge is 0.330 e. The van der Waals surface area contributed by atoms with Gasteiger partial charge in [-0.2, -0.15) is 0 Å². The van der Waals surface area contributed by atoms with Crippen LogP contribution in [0.3, 0.4) is 0 Å². The lowest BCUT2D eigenvalue weighted by atomic mass is 9.67. The van der Waals surface area contributed by atoms with Gasteiger partial charge in [-0.25, -0.2) is 4.79 Å². The standard InChI is InChI=1S/C26H25N3O3/c1-26(2)13-18-21(19(30)14-26)20(17-11-7-4-8-12-17)22-23(27-18)29(25(32)28-24(22)31)15-16-9-5-3-6-10-16/h3-13,20-21,27H,14-15H2,1-2H3,(H,28,31,32). The van der Waals surface area contributed by atoms with Crippen LogP contribution in [0.5, 0.6) is 0 Å². The van der Waals surface area contributed by atoms with Gasteiger partial charge in [0.05, 0.1) is 18.0 Å². The SMILES string of the molecule is CC1(C)C=C2Nc3c(c(=O)[nH]c(=O)n3Cc3ccccc3)C(c3ccccc3)C2C(=O)C1. The average molecular weight is 428 g/mol. The van der Waals surface area contributed by atoms with Gasteiger partial charge in [0, 0.05) is 18.0 Å². The maximum absolute atomic E-state index is 13.3.